The Hall–Kier alpha value is -1.85. The summed E-state index contributed by atoms with van der Waals surface area (Å²) in [5, 5.41) is 8.08. The summed E-state index contributed by atoms with van der Waals surface area (Å²) in [6, 6.07) is 4.88. The lowest BCUT2D eigenvalue weighted by Crippen LogP contribution is -2.04. The smallest absolute Gasteiger partial charge is 0.185 e. The summed E-state index contributed by atoms with van der Waals surface area (Å²) in [5.41, 5.74) is 0.530. The monoisotopic (exact) mass is 241 g/mol. The zero-order chi connectivity index (χ0) is 12.5. The molecule has 0 N–H and O–H groups in total. The van der Waals surface area contributed by atoms with E-state index in [0.717, 1.165) is 12.1 Å². The van der Waals surface area contributed by atoms with Gasteiger partial charge in [-0.2, -0.15) is 28.2 Å². The van der Waals surface area contributed by atoms with Crippen LogP contribution in [0.2, 0.25) is 0 Å². The molecule has 0 spiro atoms. The standard InChI is InChI=1S/C11H10F3N3/c1-2-17-15-7-10(16-17)8-3-5-9(6-4-8)11(12,13)14/h3-7H,2H2,1H3. The Labute approximate surface area is 95.9 Å². The zero-order valence-corrected chi connectivity index (χ0v) is 9.07. The Bertz CT molecular complexity index is 499. The van der Waals surface area contributed by atoms with Gasteiger partial charge < -0.3 is 0 Å². The topological polar surface area (TPSA) is 30.7 Å². The number of alkyl halides is 3. The van der Waals surface area contributed by atoms with Gasteiger partial charge in [0.1, 0.15) is 5.69 Å². The Balaban J connectivity index is 2.29. The van der Waals surface area contributed by atoms with Gasteiger partial charge in [-0.15, -0.1) is 0 Å². The van der Waals surface area contributed by atoms with Gasteiger partial charge in [-0.1, -0.05) is 12.1 Å². The van der Waals surface area contributed by atoms with E-state index < -0.39 is 11.7 Å². The summed E-state index contributed by atoms with van der Waals surface area (Å²) >= 11 is 0. The third kappa shape index (κ3) is 2.46. The van der Waals surface area contributed by atoms with Crippen LogP contribution in [0.4, 0.5) is 13.2 Å². The number of hydrogen-bond donors (Lipinski definition) is 0. The van der Waals surface area contributed by atoms with Crippen molar-refractivity contribution in [3.05, 3.63) is 36.0 Å². The molecule has 0 radical (unpaired) electrons. The van der Waals surface area contributed by atoms with E-state index in [0.29, 0.717) is 17.8 Å². The van der Waals surface area contributed by atoms with Crippen LogP contribution >= 0.6 is 0 Å². The minimum Gasteiger partial charge on any atom is -0.185 e. The lowest BCUT2D eigenvalue weighted by molar-refractivity contribution is -0.137. The zero-order valence-electron chi connectivity index (χ0n) is 9.07. The number of halogens is 3. The van der Waals surface area contributed by atoms with E-state index in [9.17, 15) is 13.2 Å². The normalized spacial score (nSPS) is 11.8. The van der Waals surface area contributed by atoms with Crippen molar-refractivity contribution in [1.82, 2.24) is 15.0 Å². The van der Waals surface area contributed by atoms with Gasteiger partial charge in [-0.05, 0) is 19.1 Å². The van der Waals surface area contributed by atoms with Crippen molar-refractivity contribution >= 4 is 0 Å². The second-order valence-electron chi connectivity index (χ2n) is 3.49. The maximum Gasteiger partial charge on any atom is 0.416 e. The highest BCUT2D eigenvalue weighted by atomic mass is 19.4. The molecule has 0 saturated carbocycles. The van der Waals surface area contributed by atoms with Crippen molar-refractivity contribution in [2.45, 2.75) is 19.6 Å². The van der Waals surface area contributed by atoms with E-state index in [2.05, 4.69) is 10.2 Å². The van der Waals surface area contributed by atoms with Crippen LogP contribution in [0, 0.1) is 0 Å². The lowest BCUT2D eigenvalue weighted by Gasteiger charge is -2.06. The van der Waals surface area contributed by atoms with Crippen molar-refractivity contribution in [3.63, 3.8) is 0 Å². The van der Waals surface area contributed by atoms with Gasteiger partial charge in [0.05, 0.1) is 18.3 Å². The maximum absolute atomic E-state index is 12.3. The predicted molar refractivity (Wildman–Crippen MR) is 56.1 cm³/mol. The number of aromatic nitrogens is 3. The molecule has 0 fully saturated rings. The minimum atomic E-state index is -4.31. The summed E-state index contributed by atoms with van der Waals surface area (Å²) in [6.07, 6.45) is -2.77. The fraction of sp³-hybridized carbons (Fsp3) is 0.273. The first-order valence-electron chi connectivity index (χ1n) is 5.08. The largest absolute Gasteiger partial charge is 0.416 e. The van der Waals surface area contributed by atoms with E-state index in [1.807, 2.05) is 6.92 Å². The van der Waals surface area contributed by atoms with Crippen LogP contribution in [-0.4, -0.2) is 15.0 Å². The molecule has 0 bridgehead atoms. The molecule has 17 heavy (non-hydrogen) atoms. The highest BCUT2D eigenvalue weighted by Gasteiger charge is 2.30. The summed E-state index contributed by atoms with van der Waals surface area (Å²) in [4.78, 5) is 1.48. The van der Waals surface area contributed by atoms with Gasteiger partial charge in [0.25, 0.3) is 0 Å². The van der Waals surface area contributed by atoms with E-state index in [-0.39, 0.29) is 0 Å². The van der Waals surface area contributed by atoms with Gasteiger partial charge in [0.2, 0.25) is 0 Å². The Morgan fingerprint density at radius 2 is 1.82 bits per heavy atom. The Morgan fingerprint density at radius 1 is 1.18 bits per heavy atom. The van der Waals surface area contributed by atoms with Gasteiger partial charge >= 0.3 is 6.18 Å². The van der Waals surface area contributed by atoms with Crippen molar-refractivity contribution < 1.29 is 13.2 Å². The van der Waals surface area contributed by atoms with E-state index in [1.54, 1.807) is 0 Å². The molecule has 0 amide bonds. The average molecular weight is 241 g/mol. The second-order valence-corrected chi connectivity index (χ2v) is 3.49. The first-order valence-corrected chi connectivity index (χ1v) is 5.08. The summed E-state index contributed by atoms with van der Waals surface area (Å²) in [6.45, 7) is 2.51. The Morgan fingerprint density at radius 3 is 2.29 bits per heavy atom. The van der Waals surface area contributed by atoms with Gasteiger partial charge in [0, 0.05) is 5.56 Å². The number of nitrogens with zero attached hydrogens (tertiary/aromatic N) is 3. The van der Waals surface area contributed by atoms with Crippen LogP contribution in [0.25, 0.3) is 11.3 Å². The molecule has 1 aromatic heterocycles. The van der Waals surface area contributed by atoms with Crippen LogP contribution in [0.3, 0.4) is 0 Å². The molecule has 2 rings (SSSR count). The van der Waals surface area contributed by atoms with Gasteiger partial charge in [-0.25, -0.2) is 0 Å². The lowest BCUT2D eigenvalue weighted by atomic mass is 10.1. The predicted octanol–water partition coefficient (Wildman–Crippen LogP) is 2.98. The number of aryl methyl sites for hydroxylation is 1. The number of rotatable bonds is 2. The molecule has 0 aliphatic rings. The quantitative estimate of drug-likeness (QED) is 0.809. The minimum absolute atomic E-state index is 0.570. The van der Waals surface area contributed by atoms with Gasteiger partial charge in [-0.3, -0.25) is 0 Å². The summed E-state index contributed by atoms with van der Waals surface area (Å²) < 4.78 is 37.0. The molecule has 3 nitrogen and oxygen atoms in total. The molecule has 0 atom stereocenters. The van der Waals surface area contributed by atoms with Crippen LogP contribution in [0.5, 0.6) is 0 Å². The fourth-order valence-corrected chi connectivity index (χ4v) is 1.41. The van der Waals surface area contributed by atoms with Crippen LogP contribution in [-0.2, 0) is 12.7 Å². The molecule has 0 aliphatic carbocycles. The average Bonchev–Trinajstić information content (AvgIpc) is 2.76. The van der Waals surface area contributed by atoms with Crippen molar-refractivity contribution in [1.29, 1.82) is 0 Å². The first-order chi connectivity index (χ1) is 8.00. The molecular formula is C11H10F3N3. The summed E-state index contributed by atoms with van der Waals surface area (Å²) in [7, 11) is 0. The number of hydrogen-bond acceptors (Lipinski definition) is 2. The van der Waals surface area contributed by atoms with Crippen molar-refractivity contribution in [2.75, 3.05) is 0 Å². The van der Waals surface area contributed by atoms with Crippen molar-refractivity contribution in [2.24, 2.45) is 0 Å². The van der Waals surface area contributed by atoms with Crippen LogP contribution in [0.1, 0.15) is 12.5 Å². The first kappa shape index (κ1) is 11.6. The molecular weight excluding hydrogens is 231 g/mol. The SMILES string of the molecule is CCn1ncc(-c2ccc(C(F)(F)F)cc2)n1. The van der Waals surface area contributed by atoms with Crippen molar-refractivity contribution in [3.8, 4) is 11.3 Å². The Kier molecular flexibility index (Phi) is 2.87. The molecule has 2 aromatic rings. The molecule has 6 heteroatoms. The third-order valence-corrected chi connectivity index (χ3v) is 2.33. The molecule has 1 heterocycles. The second kappa shape index (κ2) is 4.20. The molecule has 0 saturated heterocycles. The molecule has 0 aliphatic heterocycles. The molecule has 90 valence electrons. The van der Waals surface area contributed by atoms with Crippen LogP contribution in [0.15, 0.2) is 30.5 Å². The highest BCUT2D eigenvalue weighted by molar-refractivity contribution is 5.58. The van der Waals surface area contributed by atoms with Gasteiger partial charge in [0.15, 0.2) is 0 Å². The van der Waals surface area contributed by atoms with Crippen LogP contribution < -0.4 is 0 Å². The highest BCUT2D eigenvalue weighted by Crippen LogP contribution is 2.30. The summed E-state index contributed by atoms with van der Waals surface area (Å²) in [5.74, 6) is 0. The fourth-order valence-electron chi connectivity index (χ4n) is 1.41. The van der Waals surface area contributed by atoms with E-state index in [1.165, 1.54) is 23.1 Å². The van der Waals surface area contributed by atoms with E-state index in [4.69, 9.17) is 0 Å². The maximum atomic E-state index is 12.3. The molecule has 0 unspecified atom stereocenters. The number of benzene rings is 1. The molecule has 1 aromatic carbocycles. The third-order valence-electron chi connectivity index (χ3n) is 2.33. The van der Waals surface area contributed by atoms with E-state index >= 15 is 0 Å².